The highest BCUT2D eigenvalue weighted by atomic mass is 79.9. The summed E-state index contributed by atoms with van der Waals surface area (Å²) >= 11 is 26.4. The first-order chi connectivity index (χ1) is 17.8. The molecule has 37 heavy (non-hydrogen) atoms. The van der Waals surface area contributed by atoms with Gasteiger partial charge in [-0.3, -0.25) is 0 Å². The van der Waals surface area contributed by atoms with Gasteiger partial charge in [-0.1, -0.05) is 74.5 Å². The first-order valence-corrected chi connectivity index (χ1v) is 13.2. The highest BCUT2D eigenvalue weighted by Crippen LogP contribution is 2.34. The summed E-state index contributed by atoms with van der Waals surface area (Å²) in [5.41, 5.74) is 2.20. The molecule has 0 spiro atoms. The lowest BCUT2D eigenvalue weighted by Gasteiger charge is -2.08. The number of halogens is 5. The first-order valence-electron chi connectivity index (χ1n) is 10.9. The van der Waals surface area contributed by atoms with Crippen molar-refractivity contribution in [1.82, 2.24) is 9.97 Å². The maximum Gasteiger partial charge on any atom is 0.146 e. The van der Waals surface area contributed by atoms with Crippen LogP contribution in [0.5, 0.6) is 17.2 Å². The molecular weight excluding hydrogens is 618 g/mol. The number of hydrogen-bond donors (Lipinski definition) is 3. The number of ether oxygens (including phenoxy) is 1. The van der Waals surface area contributed by atoms with Crippen molar-refractivity contribution in [2.24, 2.45) is 0 Å². The average molecular weight is 637 g/mol. The first kappa shape index (κ1) is 27.2. The van der Waals surface area contributed by atoms with E-state index in [1.54, 1.807) is 24.3 Å². The molecule has 0 fully saturated rings. The van der Waals surface area contributed by atoms with E-state index in [1.807, 2.05) is 48.8 Å². The summed E-state index contributed by atoms with van der Waals surface area (Å²) in [6, 6.07) is 25.6. The molecule has 0 radical (unpaired) electrons. The van der Waals surface area contributed by atoms with Crippen molar-refractivity contribution < 1.29 is 9.84 Å². The van der Waals surface area contributed by atoms with Crippen LogP contribution in [0.3, 0.4) is 0 Å². The Labute approximate surface area is 241 Å². The van der Waals surface area contributed by atoms with Crippen molar-refractivity contribution in [2.45, 2.75) is 0 Å². The molecule has 0 amide bonds. The minimum atomic E-state index is 0.0565. The minimum absolute atomic E-state index is 0.0565. The molecule has 0 aliphatic heterocycles. The van der Waals surface area contributed by atoms with Crippen LogP contribution in [0.25, 0.3) is 21.8 Å². The second kappa shape index (κ2) is 12.6. The van der Waals surface area contributed by atoms with Crippen LogP contribution in [0.2, 0.25) is 20.1 Å². The predicted octanol–water partition coefficient (Wildman–Crippen LogP) is 10.9. The smallest absolute Gasteiger partial charge is 0.146 e. The summed E-state index contributed by atoms with van der Waals surface area (Å²) < 4.78 is 6.97. The van der Waals surface area contributed by atoms with E-state index in [0.29, 0.717) is 20.8 Å². The standard InChI is InChI=1S/C14H9Cl2NO.C8H6BrN.C6H4Cl2O/c15-9-4-5-14(11(16)8-9)18-13-3-1-2-12-10(13)6-7-17-12;9-7-2-1-3-8-6(7)4-5-10-8;7-4-1-2-6(9)5(8)3-4/h1-8,17H;1-5,10H;1-3,9H. The molecule has 4 nitrogen and oxygen atoms in total. The topological polar surface area (TPSA) is 61.0 Å². The maximum absolute atomic E-state index is 8.85. The van der Waals surface area contributed by atoms with Gasteiger partial charge in [0.25, 0.3) is 0 Å². The number of aromatic nitrogens is 2. The lowest BCUT2D eigenvalue weighted by molar-refractivity contribution is 0.475. The van der Waals surface area contributed by atoms with Crippen LogP contribution in [0.15, 0.2) is 102 Å². The van der Waals surface area contributed by atoms with Gasteiger partial charge in [-0.2, -0.15) is 0 Å². The molecule has 3 N–H and O–H groups in total. The fourth-order valence-corrected chi connectivity index (χ4v) is 4.70. The molecule has 6 rings (SSSR count). The predicted molar refractivity (Wildman–Crippen MR) is 159 cm³/mol. The summed E-state index contributed by atoms with van der Waals surface area (Å²) in [5.74, 6) is 1.41. The molecule has 0 bridgehead atoms. The Balaban J connectivity index is 0.000000143. The van der Waals surface area contributed by atoms with Gasteiger partial charge in [0.2, 0.25) is 0 Å². The van der Waals surface area contributed by atoms with E-state index in [-0.39, 0.29) is 10.8 Å². The van der Waals surface area contributed by atoms with Crippen molar-refractivity contribution in [2.75, 3.05) is 0 Å². The lowest BCUT2D eigenvalue weighted by Crippen LogP contribution is -1.85. The number of nitrogens with one attached hydrogen (secondary N) is 2. The maximum atomic E-state index is 8.85. The molecule has 0 aliphatic rings. The van der Waals surface area contributed by atoms with Gasteiger partial charge >= 0.3 is 0 Å². The van der Waals surface area contributed by atoms with E-state index in [4.69, 9.17) is 56.2 Å². The molecule has 4 aromatic carbocycles. The van der Waals surface area contributed by atoms with Gasteiger partial charge in [-0.05, 0) is 72.8 Å². The van der Waals surface area contributed by atoms with E-state index in [9.17, 15) is 0 Å². The molecule has 0 unspecified atom stereocenters. The average Bonchev–Trinajstić information content (AvgIpc) is 3.55. The second-order valence-electron chi connectivity index (χ2n) is 7.65. The molecule has 6 aromatic rings. The number of phenolic OH excluding ortho intramolecular Hbond substituents is 1. The van der Waals surface area contributed by atoms with Crippen LogP contribution < -0.4 is 4.74 Å². The fourth-order valence-electron chi connectivity index (χ4n) is 3.35. The Hall–Kier alpha value is -2.80. The highest BCUT2D eigenvalue weighted by molar-refractivity contribution is 9.10. The third-order valence-corrected chi connectivity index (χ3v) is 6.88. The molecule has 0 atom stereocenters. The van der Waals surface area contributed by atoms with Crippen LogP contribution >= 0.6 is 62.3 Å². The third kappa shape index (κ3) is 7.16. The molecule has 0 aliphatic carbocycles. The second-order valence-corrected chi connectivity index (χ2v) is 10.2. The number of hydrogen-bond acceptors (Lipinski definition) is 2. The van der Waals surface area contributed by atoms with Gasteiger partial charge < -0.3 is 19.8 Å². The van der Waals surface area contributed by atoms with Crippen molar-refractivity contribution in [3.63, 3.8) is 0 Å². The van der Waals surface area contributed by atoms with Crippen LogP contribution in [0.4, 0.5) is 0 Å². The van der Waals surface area contributed by atoms with E-state index in [2.05, 4.69) is 38.0 Å². The number of benzene rings is 4. The number of fused-ring (bicyclic) bond motifs is 2. The number of phenols is 1. The summed E-state index contributed by atoms with van der Waals surface area (Å²) in [6.45, 7) is 0. The Bertz CT molecular complexity index is 1650. The molecule has 2 heterocycles. The quantitative estimate of drug-likeness (QED) is 0.177. The molecule has 9 heteroatoms. The van der Waals surface area contributed by atoms with Gasteiger partial charge in [0, 0.05) is 48.7 Å². The van der Waals surface area contributed by atoms with Crippen molar-refractivity contribution in [1.29, 1.82) is 0 Å². The number of aromatic hydroxyl groups is 1. The van der Waals surface area contributed by atoms with Gasteiger partial charge in [-0.15, -0.1) is 0 Å². The molecule has 2 aromatic heterocycles. The van der Waals surface area contributed by atoms with Crippen LogP contribution in [0.1, 0.15) is 0 Å². The Morgan fingerprint density at radius 2 is 1.22 bits per heavy atom. The minimum Gasteiger partial charge on any atom is -0.506 e. The number of aromatic amines is 2. The van der Waals surface area contributed by atoms with Gasteiger partial charge in [0.05, 0.1) is 10.0 Å². The van der Waals surface area contributed by atoms with Gasteiger partial charge in [0.15, 0.2) is 0 Å². The molecule has 188 valence electrons. The van der Waals surface area contributed by atoms with Crippen LogP contribution in [-0.2, 0) is 0 Å². The molecule has 0 saturated carbocycles. The van der Waals surface area contributed by atoms with Crippen LogP contribution in [-0.4, -0.2) is 15.1 Å². The van der Waals surface area contributed by atoms with E-state index < -0.39 is 0 Å². The van der Waals surface area contributed by atoms with E-state index in [1.165, 1.54) is 23.0 Å². The van der Waals surface area contributed by atoms with Gasteiger partial charge in [0.1, 0.15) is 17.2 Å². The fraction of sp³-hybridized carbons (Fsp3) is 0. The largest absolute Gasteiger partial charge is 0.506 e. The van der Waals surface area contributed by atoms with Crippen molar-refractivity contribution >= 4 is 84.1 Å². The highest BCUT2D eigenvalue weighted by Gasteiger charge is 2.07. The molecule has 0 saturated heterocycles. The third-order valence-electron chi connectivity index (χ3n) is 5.12. The van der Waals surface area contributed by atoms with E-state index in [0.717, 1.165) is 21.1 Å². The Morgan fingerprint density at radius 1 is 0.622 bits per heavy atom. The summed E-state index contributed by atoms with van der Waals surface area (Å²) in [4.78, 5) is 6.27. The zero-order chi connectivity index (χ0) is 26.4. The van der Waals surface area contributed by atoms with Crippen molar-refractivity contribution in [3.05, 3.63) is 122 Å². The number of rotatable bonds is 2. The normalized spacial score (nSPS) is 10.4. The zero-order valence-corrected chi connectivity index (χ0v) is 23.6. The summed E-state index contributed by atoms with van der Waals surface area (Å²) in [7, 11) is 0. The number of H-pyrrole nitrogens is 2. The van der Waals surface area contributed by atoms with Crippen LogP contribution in [0, 0.1) is 0 Å². The Kier molecular flexibility index (Phi) is 9.30. The summed E-state index contributed by atoms with van der Waals surface area (Å²) in [5, 5.41) is 13.0. The Morgan fingerprint density at radius 3 is 1.84 bits per heavy atom. The van der Waals surface area contributed by atoms with Crippen molar-refractivity contribution in [3.8, 4) is 17.2 Å². The SMILES string of the molecule is Brc1cccc2[nH]ccc12.Clc1ccc(Oc2cccc3[nH]ccc23)c(Cl)c1.Oc1ccc(Cl)cc1Cl. The molecular formula is C28H19BrCl4N2O2. The van der Waals surface area contributed by atoms with E-state index >= 15 is 0 Å². The lowest BCUT2D eigenvalue weighted by atomic mass is 10.2. The monoisotopic (exact) mass is 634 g/mol. The zero-order valence-electron chi connectivity index (χ0n) is 19.0. The van der Waals surface area contributed by atoms with Gasteiger partial charge in [-0.25, -0.2) is 0 Å². The summed E-state index contributed by atoms with van der Waals surface area (Å²) in [6.07, 6.45) is 3.82.